The van der Waals surface area contributed by atoms with Crippen LogP contribution < -0.4 is 5.73 Å². The molecular formula is C11H9BrFN3O. The van der Waals surface area contributed by atoms with Crippen molar-refractivity contribution in [3.05, 3.63) is 28.5 Å². The van der Waals surface area contributed by atoms with E-state index in [0.29, 0.717) is 12.1 Å². The van der Waals surface area contributed by atoms with Crippen LogP contribution in [0.2, 0.25) is 0 Å². The summed E-state index contributed by atoms with van der Waals surface area (Å²) in [6.45, 7) is 0. The van der Waals surface area contributed by atoms with Gasteiger partial charge in [0, 0.05) is 10.7 Å². The quantitative estimate of drug-likeness (QED) is 0.865. The highest BCUT2D eigenvalue weighted by atomic mass is 79.9. The zero-order valence-corrected chi connectivity index (χ0v) is 10.3. The number of nitrogen functional groups attached to an aromatic ring is 1. The first kappa shape index (κ1) is 10.7. The number of halogens is 2. The molecule has 0 aliphatic heterocycles. The highest BCUT2D eigenvalue weighted by Crippen LogP contribution is 2.37. The van der Waals surface area contributed by atoms with E-state index in [2.05, 4.69) is 20.9 Å². The molecule has 1 aliphatic rings. The van der Waals surface area contributed by atoms with Gasteiger partial charge in [0.05, 0.1) is 5.92 Å². The molecule has 0 bridgehead atoms. The maximum atomic E-state index is 12.9. The molecule has 0 aromatic carbocycles. The summed E-state index contributed by atoms with van der Waals surface area (Å²) in [5.41, 5.74) is 6.60. The second kappa shape index (κ2) is 3.53. The lowest BCUT2D eigenvalue weighted by atomic mass is 10.2. The first-order chi connectivity index (χ1) is 8.08. The van der Waals surface area contributed by atoms with Crippen molar-refractivity contribution in [3.63, 3.8) is 0 Å². The van der Waals surface area contributed by atoms with Crippen molar-refractivity contribution in [2.45, 2.75) is 12.6 Å². The van der Waals surface area contributed by atoms with Crippen LogP contribution in [0.1, 0.15) is 16.9 Å². The van der Waals surface area contributed by atoms with E-state index in [1.807, 2.05) is 6.07 Å². The Kier molecular flexibility index (Phi) is 2.22. The van der Waals surface area contributed by atoms with E-state index in [9.17, 15) is 9.18 Å². The molecule has 4 nitrogen and oxygen atoms in total. The number of carbonyl (C=O) groups is 1. The zero-order valence-electron chi connectivity index (χ0n) is 8.73. The van der Waals surface area contributed by atoms with E-state index in [1.54, 1.807) is 16.7 Å². The molecule has 2 aromatic rings. The fraction of sp³-hybridized carbons (Fsp3) is 0.273. The highest BCUT2D eigenvalue weighted by molar-refractivity contribution is 9.10. The predicted molar refractivity (Wildman–Crippen MR) is 64.6 cm³/mol. The number of nitrogens with two attached hydrogens (primary N) is 1. The summed E-state index contributed by atoms with van der Waals surface area (Å²) in [5.74, 6) is -0.649. The van der Waals surface area contributed by atoms with Crippen LogP contribution in [0.5, 0.6) is 0 Å². The molecule has 17 heavy (non-hydrogen) atoms. The van der Waals surface area contributed by atoms with Crippen LogP contribution in [0, 0.1) is 5.92 Å². The number of carbonyl (C=O) groups excluding carboxylic acids is 1. The summed E-state index contributed by atoms with van der Waals surface area (Å²) in [7, 11) is 0. The Morgan fingerprint density at radius 3 is 2.94 bits per heavy atom. The van der Waals surface area contributed by atoms with Gasteiger partial charge in [-0.2, -0.15) is 0 Å². The molecule has 0 saturated heterocycles. The second-order valence-electron chi connectivity index (χ2n) is 4.14. The van der Waals surface area contributed by atoms with Crippen LogP contribution in [-0.4, -0.2) is 21.3 Å². The zero-order chi connectivity index (χ0) is 12.2. The van der Waals surface area contributed by atoms with Crippen LogP contribution in [-0.2, 0) is 0 Å². The van der Waals surface area contributed by atoms with Crippen LogP contribution in [0.3, 0.4) is 0 Å². The van der Waals surface area contributed by atoms with Crippen molar-refractivity contribution < 1.29 is 9.18 Å². The average Bonchev–Trinajstić information content (AvgIpc) is 2.90. The minimum atomic E-state index is -1.03. The van der Waals surface area contributed by atoms with E-state index < -0.39 is 12.1 Å². The van der Waals surface area contributed by atoms with Gasteiger partial charge in [0.15, 0.2) is 11.6 Å². The molecule has 2 heterocycles. The molecule has 6 heteroatoms. The molecule has 0 radical (unpaired) electrons. The molecule has 1 fully saturated rings. The summed E-state index contributed by atoms with van der Waals surface area (Å²) in [6.07, 6.45) is 0.973. The first-order valence-corrected chi connectivity index (χ1v) is 5.98. The van der Waals surface area contributed by atoms with Crippen LogP contribution in [0.4, 0.5) is 10.2 Å². The number of pyridine rings is 1. The number of fused-ring (bicyclic) bond motifs is 1. The molecule has 2 atom stereocenters. The van der Waals surface area contributed by atoms with Crippen molar-refractivity contribution in [1.82, 2.24) is 9.38 Å². The number of ketones is 1. The number of hydrogen-bond acceptors (Lipinski definition) is 3. The van der Waals surface area contributed by atoms with Crippen molar-refractivity contribution in [2.24, 2.45) is 5.92 Å². The topological polar surface area (TPSA) is 60.4 Å². The van der Waals surface area contributed by atoms with Gasteiger partial charge in [0.1, 0.15) is 17.5 Å². The number of hydrogen-bond donors (Lipinski definition) is 1. The van der Waals surface area contributed by atoms with Crippen molar-refractivity contribution in [1.29, 1.82) is 0 Å². The van der Waals surface area contributed by atoms with Gasteiger partial charge in [-0.15, -0.1) is 0 Å². The SMILES string of the molecule is Nc1nc2ccc(Br)cn2c1C(=O)[C@@H]1C[C@@H]1F. The monoisotopic (exact) mass is 297 g/mol. The van der Waals surface area contributed by atoms with Crippen LogP contribution >= 0.6 is 15.9 Å². The molecule has 0 unspecified atom stereocenters. The molecule has 2 N–H and O–H groups in total. The maximum Gasteiger partial charge on any atom is 0.189 e. The number of anilines is 1. The molecule has 1 aliphatic carbocycles. The lowest BCUT2D eigenvalue weighted by Gasteiger charge is -2.01. The van der Waals surface area contributed by atoms with Gasteiger partial charge in [-0.3, -0.25) is 9.20 Å². The van der Waals surface area contributed by atoms with E-state index in [-0.39, 0.29) is 17.3 Å². The fourth-order valence-corrected chi connectivity index (χ4v) is 2.23. The molecule has 0 spiro atoms. The number of nitrogens with zero attached hydrogens (tertiary/aromatic N) is 2. The summed E-state index contributed by atoms with van der Waals surface area (Å²) in [4.78, 5) is 16.1. The Morgan fingerprint density at radius 2 is 2.29 bits per heavy atom. The smallest absolute Gasteiger partial charge is 0.189 e. The van der Waals surface area contributed by atoms with E-state index in [0.717, 1.165) is 4.47 Å². The normalized spacial score (nSPS) is 22.9. The third-order valence-electron chi connectivity index (χ3n) is 2.89. The minimum Gasteiger partial charge on any atom is -0.382 e. The Balaban J connectivity index is 2.17. The lowest BCUT2D eigenvalue weighted by molar-refractivity contribution is 0.0952. The Morgan fingerprint density at radius 1 is 1.59 bits per heavy atom. The molecule has 2 aromatic heterocycles. The third kappa shape index (κ3) is 1.63. The Bertz CT molecular complexity index is 624. The first-order valence-electron chi connectivity index (χ1n) is 5.19. The fourth-order valence-electron chi connectivity index (χ4n) is 1.89. The van der Waals surface area contributed by atoms with Crippen LogP contribution in [0.15, 0.2) is 22.8 Å². The molecular weight excluding hydrogens is 289 g/mol. The lowest BCUT2D eigenvalue weighted by Crippen LogP contribution is -2.10. The highest BCUT2D eigenvalue weighted by Gasteiger charge is 2.45. The summed E-state index contributed by atoms with van der Waals surface area (Å²) in [5, 5.41) is 0. The van der Waals surface area contributed by atoms with Gasteiger partial charge in [-0.1, -0.05) is 0 Å². The Hall–Kier alpha value is -1.43. The number of Topliss-reactive ketones (excluding diaryl/α,β-unsaturated/α-hetero) is 1. The number of rotatable bonds is 2. The predicted octanol–water partition coefficient (Wildman–Crippen LogP) is 2.22. The van der Waals surface area contributed by atoms with Crippen molar-refractivity contribution in [3.8, 4) is 0 Å². The van der Waals surface area contributed by atoms with Crippen molar-refractivity contribution >= 4 is 33.2 Å². The van der Waals surface area contributed by atoms with Gasteiger partial charge < -0.3 is 5.73 Å². The number of alkyl halides is 1. The van der Waals surface area contributed by atoms with Gasteiger partial charge in [0.25, 0.3) is 0 Å². The number of aromatic nitrogens is 2. The van der Waals surface area contributed by atoms with Gasteiger partial charge in [-0.05, 0) is 34.5 Å². The third-order valence-corrected chi connectivity index (χ3v) is 3.36. The van der Waals surface area contributed by atoms with Gasteiger partial charge >= 0.3 is 0 Å². The average molecular weight is 298 g/mol. The summed E-state index contributed by atoms with van der Waals surface area (Å²) in [6, 6.07) is 3.56. The van der Waals surface area contributed by atoms with E-state index in [4.69, 9.17) is 5.73 Å². The maximum absolute atomic E-state index is 12.9. The minimum absolute atomic E-state index is 0.159. The second-order valence-corrected chi connectivity index (χ2v) is 5.06. The molecule has 1 saturated carbocycles. The van der Waals surface area contributed by atoms with E-state index in [1.165, 1.54) is 0 Å². The van der Waals surface area contributed by atoms with Crippen LogP contribution in [0.25, 0.3) is 5.65 Å². The molecule has 3 rings (SSSR count). The van der Waals surface area contributed by atoms with Gasteiger partial charge in [0.2, 0.25) is 0 Å². The summed E-state index contributed by atoms with van der Waals surface area (Å²) < 4.78 is 15.3. The number of imidazole rings is 1. The molecule has 0 amide bonds. The largest absolute Gasteiger partial charge is 0.382 e. The summed E-state index contributed by atoms with van der Waals surface area (Å²) >= 11 is 3.31. The van der Waals surface area contributed by atoms with E-state index >= 15 is 0 Å². The standard InChI is InChI=1S/C11H9BrFN3O/c12-5-1-2-8-15-11(14)9(16(8)4-5)10(17)6-3-7(6)13/h1-2,4,6-7H,3,14H2/t6-,7+/m1/s1. The Labute approximate surface area is 105 Å². The van der Waals surface area contributed by atoms with Crippen molar-refractivity contribution in [2.75, 3.05) is 5.73 Å². The van der Waals surface area contributed by atoms with Gasteiger partial charge in [-0.25, -0.2) is 9.37 Å². The molecule has 88 valence electrons.